The smallest absolute Gasteiger partial charge is 0.0869 e. The molecule has 2 rings (SSSR count). The van der Waals surface area contributed by atoms with E-state index < -0.39 is 0 Å². The third-order valence-corrected chi connectivity index (χ3v) is 3.68. The van der Waals surface area contributed by atoms with Gasteiger partial charge < -0.3 is 5.32 Å². The normalized spacial score (nSPS) is 11.2. The molecule has 0 radical (unpaired) electrons. The monoisotopic (exact) mass is 295 g/mol. The average Bonchev–Trinajstić information content (AvgIpc) is 2.99. The zero-order valence-electron chi connectivity index (χ0n) is 12.4. The molecule has 20 heavy (non-hydrogen) atoms. The standard InChI is InChI=1S/C14H22ClN5/c1-4-7-16-9-11-6-8-20(17-11)10-13-14(15)12(5-2)18-19(13)3/h6,8,16H,4-5,7,9-10H2,1-3H3. The summed E-state index contributed by atoms with van der Waals surface area (Å²) < 4.78 is 3.75. The van der Waals surface area contributed by atoms with Gasteiger partial charge in [0.15, 0.2) is 0 Å². The SMILES string of the molecule is CCCNCc1ccn(Cc2c(Cl)c(CC)nn2C)n1. The Bertz CT molecular complexity index is 558. The molecule has 110 valence electrons. The van der Waals surface area contributed by atoms with E-state index in [1.165, 1.54) is 0 Å². The third-order valence-electron chi connectivity index (χ3n) is 3.24. The Morgan fingerprint density at radius 2 is 2.10 bits per heavy atom. The van der Waals surface area contributed by atoms with Crippen LogP contribution < -0.4 is 5.32 Å². The fraction of sp³-hybridized carbons (Fsp3) is 0.571. The Hall–Kier alpha value is -1.33. The van der Waals surface area contributed by atoms with Gasteiger partial charge in [0.25, 0.3) is 0 Å². The molecular formula is C14H22ClN5. The second kappa shape index (κ2) is 6.90. The van der Waals surface area contributed by atoms with Crippen LogP contribution in [0.15, 0.2) is 12.3 Å². The first kappa shape index (κ1) is 15.1. The van der Waals surface area contributed by atoms with Gasteiger partial charge >= 0.3 is 0 Å². The number of hydrogen-bond donors (Lipinski definition) is 1. The molecule has 0 fully saturated rings. The van der Waals surface area contributed by atoms with Gasteiger partial charge in [0, 0.05) is 19.8 Å². The van der Waals surface area contributed by atoms with E-state index in [4.69, 9.17) is 11.6 Å². The quantitative estimate of drug-likeness (QED) is 0.798. The molecule has 0 aliphatic heterocycles. The molecule has 1 N–H and O–H groups in total. The predicted molar refractivity (Wildman–Crippen MR) is 80.9 cm³/mol. The van der Waals surface area contributed by atoms with Crippen LogP contribution in [0.2, 0.25) is 5.02 Å². The van der Waals surface area contributed by atoms with E-state index in [9.17, 15) is 0 Å². The first-order valence-electron chi connectivity index (χ1n) is 7.09. The van der Waals surface area contributed by atoms with Crippen molar-refractivity contribution >= 4 is 11.6 Å². The van der Waals surface area contributed by atoms with Gasteiger partial charge in [0.2, 0.25) is 0 Å². The summed E-state index contributed by atoms with van der Waals surface area (Å²) >= 11 is 6.35. The van der Waals surface area contributed by atoms with Crippen LogP contribution in [0.25, 0.3) is 0 Å². The molecule has 0 bridgehead atoms. The highest BCUT2D eigenvalue weighted by atomic mass is 35.5. The van der Waals surface area contributed by atoms with Crippen LogP contribution in [0.1, 0.15) is 37.4 Å². The van der Waals surface area contributed by atoms with Gasteiger partial charge in [-0.2, -0.15) is 10.2 Å². The van der Waals surface area contributed by atoms with Crippen molar-refractivity contribution in [2.24, 2.45) is 7.05 Å². The maximum Gasteiger partial charge on any atom is 0.0869 e. The molecule has 0 aliphatic rings. The molecule has 0 atom stereocenters. The van der Waals surface area contributed by atoms with E-state index in [-0.39, 0.29) is 0 Å². The largest absolute Gasteiger partial charge is 0.311 e. The lowest BCUT2D eigenvalue weighted by Crippen LogP contribution is -2.14. The highest BCUT2D eigenvalue weighted by molar-refractivity contribution is 6.31. The van der Waals surface area contributed by atoms with Gasteiger partial charge in [-0.3, -0.25) is 9.36 Å². The topological polar surface area (TPSA) is 47.7 Å². The molecule has 0 saturated heterocycles. The van der Waals surface area contributed by atoms with Crippen molar-refractivity contribution in [3.63, 3.8) is 0 Å². The lowest BCUT2D eigenvalue weighted by molar-refractivity contribution is 0.598. The van der Waals surface area contributed by atoms with Gasteiger partial charge in [-0.25, -0.2) is 0 Å². The molecule has 0 unspecified atom stereocenters. The number of rotatable bonds is 7. The third kappa shape index (κ3) is 3.41. The number of aromatic nitrogens is 4. The highest BCUT2D eigenvalue weighted by Gasteiger charge is 2.13. The van der Waals surface area contributed by atoms with E-state index in [0.717, 1.165) is 48.0 Å². The number of nitrogens with one attached hydrogen (secondary N) is 1. The van der Waals surface area contributed by atoms with Crippen molar-refractivity contribution in [3.8, 4) is 0 Å². The van der Waals surface area contributed by atoms with E-state index in [1.807, 2.05) is 28.7 Å². The zero-order valence-corrected chi connectivity index (χ0v) is 13.1. The van der Waals surface area contributed by atoms with Gasteiger partial charge in [-0.05, 0) is 25.5 Å². The molecule has 2 aromatic heterocycles. The second-order valence-corrected chi connectivity index (χ2v) is 5.24. The molecule has 0 spiro atoms. The molecule has 2 heterocycles. The number of aryl methyl sites for hydroxylation is 2. The van der Waals surface area contributed by atoms with Crippen LogP contribution in [0, 0.1) is 0 Å². The minimum absolute atomic E-state index is 0.649. The molecule has 0 saturated carbocycles. The minimum Gasteiger partial charge on any atom is -0.311 e. The van der Waals surface area contributed by atoms with Crippen molar-refractivity contribution in [1.82, 2.24) is 24.9 Å². The van der Waals surface area contributed by atoms with Gasteiger partial charge in [0.1, 0.15) is 0 Å². The van der Waals surface area contributed by atoms with Crippen LogP contribution in [0.4, 0.5) is 0 Å². The van der Waals surface area contributed by atoms with Gasteiger partial charge in [-0.1, -0.05) is 25.4 Å². The molecule has 0 aliphatic carbocycles. The Balaban J connectivity index is 2.05. The van der Waals surface area contributed by atoms with Gasteiger partial charge in [-0.15, -0.1) is 0 Å². The van der Waals surface area contributed by atoms with Crippen molar-refractivity contribution in [2.45, 2.75) is 39.8 Å². The van der Waals surface area contributed by atoms with E-state index in [0.29, 0.717) is 6.54 Å². The molecule has 2 aromatic rings. The lowest BCUT2D eigenvalue weighted by atomic mass is 10.3. The van der Waals surface area contributed by atoms with E-state index in [1.54, 1.807) is 0 Å². The zero-order chi connectivity index (χ0) is 14.5. The summed E-state index contributed by atoms with van der Waals surface area (Å²) in [4.78, 5) is 0. The average molecular weight is 296 g/mol. The summed E-state index contributed by atoms with van der Waals surface area (Å²) in [5.41, 5.74) is 2.99. The number of nitrogens with zero attached hydrogens (tertiary/aromatic N) is 4. The van der Waals surface area contributed by atoms with E-state index in [2.05, 4.69) is 29.4 Å². The summed E-state index contributed by atoms with van der Waals surface area (Å²) in [6.45, 7) is 6.68. The summed E-state index contributed by atoms with van der Waals surface area (Å²) in [7, 11) is 1.92. The minimum atomic E-state index is 0.649. The Morgan fingerprint density at radius 3 is 2.75 bits per heavy atom. The van der Waals surface area contributed by atoms with E-state index >= 15 is 0 Å². The summed E-state index contributed by atoms with van der Waals surface area (Å²) in [6, 6.07) is 2.04. The Morgan fingerprint density at radius 1 is 1.30 bits per heavy atom. The number of halogens is 1. The molecule has 6 heteroatoms. The Labute approximate surface area is 124 Å². The van der Waals surface area contributed by atoms with Crippen LogP contribution in [0.5, 0.6) is 0 Å². The molecular weight excluding hydrogens is 274 g/mol. The lowest BCUT2D eigenvalue weighted by Gasteiger charge is -2.03. The number of hydrogen-bond acceptors (Lipinski definition) is 3. The summed E-state index contributed by atoms with van der Waals surface area (Å²) in [6.07, 6.45) is 3.96. The predicted octanol–water partition coefficient (Wildman–Crippen LogP) is 2.38. The molecule has 5 nitrogen and oxygen atoms in total. The molecule has 0 aromatic carbocycles. The van der Waals surface area contributed by atoms with Crippen LogP contribution in [-0.2, 0) is 26.6 Å². The van der Waals surface area contributed by atoms with Crippen molar-refractivity contribution in [3.05, 3.63) is 34.4 Å². The fourth-order valence-electron chi connectivity index (χ4n) is 2.12. The highest BCUT2D eigenvalue weighted by Crippen LogP contribution is 2.21. The summed E-state index contributed by atoms with van der Waals surface area (Å²) in [5.74, 6) is 0. The van der Waals surface area contributed by atoms with Crippen LogP contribution in [-0.4, -0.2) is 26.1 Å². The first-order valence-corrected chi connectivity index (χ1v) is 7.46. The van der Waals surface area contributed by atoms with Crippen LogP contribution >= 0.6 is 11.6 Å². The molecule has 0 amide bonds. The maximum atomic E-state index is 6.35. The first-order chi connectivity index (χ1) is 9.65. The fourth-order valence-corrected chi connectivity index (χ4v) is 2.48. The van der Waals surface area contributed by atoms with Crippen molar-refractivity contribution in [2.75, 3.05) is 6.54 Å². The van der Waals surface area contributed by atoms with Gasteiger partial charge in [0.05, 0.1) is 28.6 Å². The van der Waals surface area contributed by atoms with Crippen molar-refractivity contribution < 1.29 is 0 Å². The maximum absolute atomic E-state index is 6.35. The Kier molecular flexibility index (Phi) is 5.20. The summed E-state index contributed by atoms with van der Waals surface area (Å²) in [5, 5.41) is 13.1. The van der Waals surface area contributed by atoms with Crippen molar-refractivity contribution in [1.29, 1.82) is 0 Å². The second-order valence-electron chi connectivity index (χ2n) is 4.87. The van der Waals surface area contributed by atoms with Crippen LogP contribution in [0.3, 0.4) is 0 Å².